The number of hydrogen-bond donors (Lipinski definition) is 1. The van der Waals surface area contributed by atoms with Crippen LogP contribution >= 0.6 is 0 Å². The predicted octanol–water partition coefficient (Wildman–Crippen LogP) is 6.98. The molecule has 31 heavy (non-hydrogen) atoms. The molecule has 2 nitrogen and oxygen atoms in total. The average molecular weight is 427 g/mol. The van der Waals surface area contributed by atoms with Crippen LogP contribution in [-0.2, 0) is 4.79 Å². The Morgan fingerprint density at radius 1 is 1.06 bits per heavy atom. The SMILES string of the molecule is CCC(/C=C/C(C)[C@H]1CCC2C3C(=O)C=C4C[C@@H](O)CC[C@]4(C)C3CC[C@@]21C)C(C)C. The fourth-order valence-electron chi connectivity index (χ4n) is 8.57. The van der Waals surface area contributed by atoms with Crippen molar-refractivity contribution in [2.24, 2.45) is 52.3 Å². The molecule has 0 bridgehead atoms. The minimum Gasteiger partial charge on any atom is -0.393 e. The number of fused-ring (bicyclic) bond motifs is 5. The van der Waals surface area contributed by atoms with Crippen LogP contribution in [0.25, 0.3) is 0 Å². The van der Waals surface area contributed by atoms with Crippen molar-refractivity contribution in [3.8, 4) is 0 Å². The molecule has 4 aliphatic carbocycles. The second-order valence-electron chi connectivity index (χ2n) is 12.4. The molecule has 0 spiro atoms. The summed E-state index contributed by atoms with van der Waals surface area (Å²) in [7, 11) is 0. The number of carbonyl (C=O) groups is 1. The van der Waals surface area contributed by atoms with Gasteiger partial charge in [0.25, 0.3) is 0 Å². The van der Waals surface area contributed by atoms with Gasteiger partial charge in [-0.05, 0) is 104 Å². The van der Waals surface area contributed by atoms with Gasteiger partial charge in [-0.3, -0.25) is 4.79 Å². The zero-order valence-corrected chi connectivity index (χ0v) is 20.9. The highest BCUT2D eigenvalue weighted by molar-refractivity contribution is 5.94. The molecule has 0 radical (unpaired) electrons. The summed E-state index contributed by atoms with van der Waals surface area (Å²) in [5.41, 5.74) is 1.68. The quantitative estimate of drug-likeness (QED) is 0.481. The highest BCUT2D eigenvalue weighted by Crippen LogP contribution is 2.66. The third kappa shape index (κ3) is 3.79. The molecule has 0 aliphatic heterocycles. The molecule has 5 unspecified atom stereocenters. The standard InChI is InChI=1S/C29H46O2/c1-7-20(18(2)3)9-8-19(4)23-10-11-24-27-25(13-15-29(23,24)6)28(5)14-12-22(30)16-21(28)17-26(27)31/h8-9,17-20,22-25,27,30H,7,10-16H2,1-6H3/b9-8+/t19?,20?,22-,23+,24?,25?,27?,28-,29+/m0/s1. The van der Waals surface area contributed by atoms with E-state index in [1.807, 2.05) is 6.08 Å². The van der Waals surface area contributed by atoms with E-state index in [-0.39, 0.29) is 22.9 Å². The van der Waals surface area contributed by atoms with Crippen molar-refractivity contribution in [2.45, 2.75) is 99.0 Å². The van der Waals surface area contributed by atoms with Crippen LogP contribution in [0.3, 0.4) is 0 Å². The molecule has 9 atom stereocenters. The van der Waals surface area contributed by atoms with Gasteiger partial charge < -0.3 is 5.11 Å². The zero-order valence-electron chi connectivity index (χ0n) is 20.9. The molecule has 0 aromatic heterocycles. The lowest BCUT2D eigenvalue weighted by Crippen LogP contribution is -2.53. The van der Waals surface area contributed by atoms with Crippen molar-refractivity contribution < 1.29 is 9.90 Å². The fourth-order valence-corrected chi connectivity index (χ4v) is 8.57. The van der Waals surface area contributed by atoms with E-state index in [4.69, 9.17) is 0 Å². The first kappa shape index (κ1) is 23.3. The number of allylic oxidation sites excluding steroid dienone is 3. The molecule has 0 aromatic rings. The predicted molar refractivity (Wildman–Crippen MR) is 129 cm³/mol. The van der Waals surface area contributed by atoms with Crippen molar-refractivity contribution in [1.29, 1.82) is 0 Å². The minimum absolute atomic E-state index is 0.133. The summed E-state index contributed by atoms with van der Waals surface area (Å²) < 4.78 is 0. The number of aliphatic hydroxyl groups excluding tert-OH is 1. The van der Waals surface area contributed by atoms with E-state index in [1.165, 1.54) is 37.7 Å². The first-order valence-electron chi connectivity index (χ1n) is 13.2. The topological polar surface area (TPSA) is 37.3 Å². The monoisotopic (exact) mass is 426 g/mol. The summed E-state index contributed by atoms with van der Waals surface area (Å²) in [6.07, 6.45) is 15.6. The highest BCUT2D eigenvalue weighted by Gasteiger charge is 2.61. The van der Waals surface area contributed by atoms with E-state index < -0.39 is 0 Å². The van der Waals surface area contributed by atoms with Gasteiger partial charge in [-0.1, -0.05) is 59.3 Å². The summed E-state index contributed by atoms with van der Waals surface area (Å²) in [4.78, 5) is 13.5. The maximum absolute atomic E-state index is 13.5. The number of carbonyl (C=O) groups excluding carboxylic acids is 1. The first-order valence-corrected chi connectivity index (χ1v) is 13.2. The largest absolute Gasteiger partial charge is 0.393 e. The Labute approximate surface area is 191 Å². The van der Waals surface area contributed by atoms with Gasteiger partial charge in [0.15, 0.2) is 5.78 Å². The van der Waals surface area contributed by atoms with Crippen molar-refractivity contribution in [2.75, 3.05) is 0 Å². The summed E-state index contributed by atoms with van der Waals surface area (Å²) in [5.74, 6) is 4.27. The Kier molecular flexibility index (Phi) is 6.36. The van der Waals surface area contributed by atoms with Crippen LogP contribution in [0.1, 0.15) is 92.9 Å². The smallest absolute Gasteiger partial charge is 0.159 e. The Balaban J connectivity index is 1.57. The lowest BCUT2D eigenvalue weighted by molar-refractivity contribution is -0.134. The molecular weight excluding hydrogens is 380 g/mol. The molecule has 3 fully saturated rings. The third-order valence-electron chi connectivity index (χ3n) is 10.6. The van der Waals surface area contributed by atoms with Crippen molar-refractivity contribution in [1.82, 2.24) is 0 Å². The summed E-state index contributed by atoms with van der Waals surface area (Å²) in [5, 5.41) is 10.2. The number of aliphatic hydroxyl groups is 1. The Morgan fingerprint density at radius 2 is 1.81 bits per heavy atom. The molecule has 4 rings (SSSR count). The molecule has 0 amide bonds. The molecule has 2 heteroatoms. The maximum atomic E-state index is 13.5. The molecule has 0 aromatic carbocycles. The molecule has 1 N–H and O–H groups in total. The molecule has 174 valence electrons. The maximum Gasteiger partial charge on any atom is 0.159 e. The van der Waals surface area contributed by atoms with Gasteiger partial charge in [-0.15, -0.1) is 0 Å². The molecule has 0 saturated heterocycles. The second-order valence-corrected chi connectivity index (χ2v) is 12.4. The third-order valence-corrected chi connectivity index (χ3v) is 10.6. The summed E-state index contributed by atoms with van der Waals surface area (Å²) >= 11 is 0. The number of rotatable bonds is 5. The first-order chi connectivity index (χ1) is 14.6. The van der Waals surface area contributed by atoms with E-state index in [0.29, 0.717) is 47.7 Å². The molecule has 3 saturated carbocycles. The van der Waals surface area contributed by atoms with Crippen molar-refractivity contribution in [3.05, 3.63) is 23.8 Å². The van der Waals surface area contributed by atoms with Crippen LogP contribution in [0.5, 0.6) is 0 Å². The van der Waals surface area contributed by atoms with Gasteiger partial charge in [-0.25, -0.2) is 0 Å². The second kappa shape index (κ2) is 8.47. The lowest BCUT2D eigenvalue weighted by Gasteiger charge is -2.57. The van der Waals surface area contributed by atoms with Crippen LogP contribution in [-0.4, -0.2) is 17.0 Å². The summed E-state index contributed by atoms with van der Waals surface area (Å²) in [6, 6.07) is 0. The van der Waals surface area contributed by atoms with E-state index >= 15 is 0 Å². The van der Waals surface area contributed by atoms with Crippen LogP contribution in [0.15, 0.2) is 23.8 Å². The highest BCUT2D eigenvalue weighted by atomic mass is 16.3. The van der Waals surface area contributed by atoms with Crippen LogP contribution < -0.4 is 0 Å². The van der Waals surface area contributed by atoms with Crippen molar-refractivity contribution in [3.63, 3.8) is 0 Å². The number of ketones is 1. The fraction of sp³-hybridized carbons (Fsp3) is 0.828. The normalized spacial score (nSPS) is 44.6. The van der Waals surface area contributed by atoms with Gasteiger partial charge in [0, 0.05) is 5.92 Å². The van der Waals surface area contributed by atoms with E-state index in [9.17, 15) is 9.90 Å². The van der Waals surface area contributed by atoms with Gasteiger partial charge in [0.1, 0.15) is 0 Å². The van der Waals surface area contributed by atoms with Crippen LogP contribution in [0.4, 0.5) is 0 Å². The van der Waals surface area contributed by atoms with E-state index in [0.717, 1.165) is 12.8 Å². The number of hydrogen-bond acceptors (Lipinski definition) is 2. The Hall–Kier alpha value is -0.890. The van der Waals surface area contributed by atoms with E-state index in [1.54, 1.807) is 0 Å². The Bertz CT molecular complexity index is 748. The van der Waals surface area contributed by atoms with Crippen molar-refractivity contribution >= 4 is 5.78 Å². The van der Waals surface area contributed by atoms with Gasteiger partial charge in [0.2, 0.25) is 0 Å². The zero-order chi connectivity index (χ0) is 22.6. The molecule has 0 heterocycles. The average Bonchev–Trinajstić information content (AvgIpc) is 3.06. The van der Waals surface area contributed by atoms with Gasteiger partial charge in [0.05, 0.1) is 6.10 Å². The molecular formula is C29H46O2. The molecule has 4 aliphatic rings. The minimum atomic E-state index is -0.251. The Morgan fingerprint density at radius 3 is 2.48 bits per heavy atom. The van der Waals surface area contributed by atoms with Gasteiger partial charge in [-0.2, -0.15) is 0 Å². The van der Waals surface area contributed by atoms with E-state index in [2.05, 4.69) is 53.7 Å². The van der Waals surface area contributed by atoms with Crippen LogP contribution in [0.2, 0.25) is 0 Å². The summed E-state index contributed by atoms with van der Waals surface area (Å²) in [6.45, 7) is 14.3. The van der Waals surface area contributed by atoms with Crippen LogP contribution in [0, 0.1) is 52.3 Å². The lowest BCUT2D eigenvalue weighted by atomic mass is 9.46. The van der Waals surface area contributed by atoms with Gasteiger partial charge >= 0.3 is 0 Å².